The summed E-state index contributed by atoms with van der Waals surface area (Å²) in [6, 6.07) is 13.9. The van der Waals surface area contributed by atoms with Gasteiger partial charge < -0.3 is 10.2 Å². The van der Waals surface area contributed by atoms with Crippen LogP contribution in [0.5, 0.6) is 0 Å². The molecule has 0 spiro atoms. The molecule has 1 atom stereocenters. The fraction of sp³-hybridized carbons (Fsp3) is 0.294. The van der Waals surface area contributed by atoms with Crippen LogP contribution in [0.1, 0.15) is 17.9 Å². The quantitative estimate of drug-likeness (QED) is 0.885. The van der Waals surface area contributed by atoms with Crippen LogP contribution in [0.4, 0.5) is 5.69 Å². The van der Waals surface area contributed by atoms with Crippen LogP contribution in [-0.4, -0.2) is 31.5 Å². The molecule has 2 rings (SSSR count). The Balaban J connectivity index is 2.05. The SMILES string of the molecule is CNC(=O)C(CCN(C)c1ccncc1)c1ccccc1. The van der Waals surface area contributed by atoms with Crippen molar-refractivity contribution in [1.29, 1.82) is 0 Å². The van der Waals surface area contributed by atoms with Crippen molar-refractivity contribution in [3.05, 3.63) is 60.4 Å². The summed E-state index contributed by atoms with van der Waals surface area (Å²) in [4.78, 5) is 18.3. The lowest BCUT2D eigenvalue weighted by Gasteiger charge is -2.22. The maximum absolute atomic E-state index is 12.1. The molecular weight excluding hydrogens is 262 g/mol. The third kappa shape index (κ3) is 4.05. The monoisotopic (exact) mass is 283 g/mol. The first-order chi connectivity index (χ1) is 10.2. The number of hydrogen-bond acceptors (Lipinski definition) is 3. The van der Waals surface area contributed by atoms with E-state index in [2.05, 4.69) is 15.2 Å². The van der Waals surface area contributed by atoms with Crippen molar-refractivity contribution >= 4 is 11.6 Å². The van der Waals surface area contributed by atoms with Gasteiger partial charge in [0.2, 0.25) is 5.91 Å². The molecule has 110 valence electrons. The van der Waals surface area contributed by atoms with Crippen molar-refractivity contribution in [2.75, 3.05) is 25.5 Å². The molecule has 0 aliphatic heterocycles. The van der Waals surface area contributed by atoms with E-state index >= 15 is 0 Å². The lowest BCUT2D eigenvalue weighted by molar-refractivity contribution is -0.122. The zero-order chi connectivity index (χ0) is 15.1. The van der Waals surface area contributed by atoms with Crippen molar-refractivity contribution in [2.24, 2.45) is 0 Å². The van der Waals surface area contributed by atoms with Crippen LogP contribution in [0.25, 0.3) is 0 Å². The Hall–Kier alpha value is -2.36. The average Bonchev–Trinajstić information content (AvgIpc) is 2.56. The Morgan fingerprint density at radius 1 is 1.19 bits per heavy atom. The first-order valence-corrected chi connectivity index (χ1v) is 7.10. The lowest BCUT2D eigenvalue weighted by atomic mass is 9.94. The van der Waals surface area contributed by atoms with Crippen LogP contribution in [0.3, 0.4) is 0 Å². The van der Waals surface area contributed by atoms with Crippen LogP contribution in [-0.2, 0) is 4.79 Å². The minimum atomic E-state index is -0.125. The zero-order valence-corrected chi connectivity index (χ0v) is 12.5. The highest BCUT2D eigenvalue weighted by Gasteiger charge is 2.19. The van der Waals surface area contributed by atoms with Crippen LogP contribution in [0.2, 0.25) is 0 Å². The van der Waals surface area contributed by atoms with Gasteiger partial charge in [-0.15, -0.1) is 0 Å². The van der Waals surface area contributed by atoms with E-state index in [-0.39, 0.29) is 11.8 Å². The molecule has 0 saturated carbocycles. The van der Waals surface area contributed by atoms with Gasteiger partial charge in [0.15, 0.2) is 0 Å². The molecule has 21 heavy (non-hydrogen) atoms. The Morgan fingerprint density at radius 2 is 1.86 bits per heavy atom. The molecule has 0 aliphatic carbocycles. The Bertz CT molecular complexity index is 557. The first-order valence-electron chi connectivity index (χ1n) is 7.10. The molecule has 0 fully saturated rings. The Labute approximate surface area is 125 Å². The van der Waals surface area contributed by atoms with E-state index in [1.54, 1.807) is 19.4 Å². The van der Waals surface area contributed by atoms with Crippen LogP contribution in [0.15, 0.2) is 54.9 Å². The molecule has 1 N–H and O–H groups in total. The lowest BCUT2D eigenvalue weighted by Crippen LogP contribution is -2.29. The van der Waals surface area contributed by atoms with Gasteiger partial charge in [-0.1, -0.05) is 30.3 Å². The molecule has 0 bridgehead atoms. The van der Waals surface area contributed by atoms with Gasteiger partial charge in [-0.2, -0.15) is 0 Å². The van der Waals surface area contributed by atoms with Crippen LogP contribution >= 0.6 is 0 Å². The molecular formula is C17H21N3O. The highest BCUT2D eigenvalue weighted by atomic mass is 16.1. The molecule has 0 radical (unpaired) electrons. The van der Waals surface area contributed by atoms with Gasteiger partial charge in [0, 0.05) is 38.7 Å². The number of likely N-dealkylation sites (N-methyl/N-ethyl adjacent to an activating group) is 1. The summed E-state index contributed by atoms with van der Waals surface area (Å²) in [6.07, 6.45) is 4.32. The van der Waals surface area contributed by atoms with Crippen molar-refractivity contribution in [3.8, 4) is 0 Å². The topological polar surface area (TPSA) is 45.2 Å². The second-order valence-corrected chi connectivity index (χ2v) is 4.99. The molecule has 4 heteroatoms. The summed E-state index contributed by atoms with van der Waals surface area (Å²) in [7, 11) is 3.71. The average molecular weight is 283 g/mol. The zero-order valence-electron chi connectivity index (χ0n) is 12.5. The summed E-state index contributed by atoms with van der Waals surface area (Å²) >= 11 is 0. The maximum atomic E-state index is 12.1. The van der Waals surface area contributed by atoms with Gasteiger partial charge in [-0.05, 0) is 24.1 Å². The van der Waals surface area contributed by atoms with Crippen LogP contribution in [0, 0.1) is 0 Å². The van der Waals surface area contributed by atoms with Crippen molar-refractivity contribution in [1.82, 2.24) is 10.3 Å². The summed E-state index contributed by atoms with van der Waals surface area (Å²) in [5, 5.41) is 2.76. The van der Waals surface area contributed by atoms with Crippen LogP contribution < -0.4 is 10.2 Å². The van der Waals surface area contributed by atoms with Gasteiger partial charge in [0.25, 0.3) is 0 Å². The smallest absolute Gasteiger partial charge is 0.227 e. The van der Waals surface area contributed by atoms with E-state index in [0.717, 1.165) is 24.2 Å². The van der Waals surface area contributed by atoms with Gasteiger partial charge >= 0.3 is 0 Å². The van der Waals surface area contributed by atoms with E-state index in [4.69, 9.17) is 0 Å². The maximum Gasteiger partial charge on any atom is 0.227 e. The highest BCUT2D eigenvalue weighted by molar-refractivity contribution is 5.83. The summed E-state index contributed by atoms with van der Waals surface area (Å²) < 4.78 is 0. The molecule has 1 heterocycles. The Kier molecular flexibility index (Phi) is 5.32. The normalized spacial score (nSPS) is 11.7. The van der Waals surface area contributed by atoms with Gasteiger partial charge in [-0.3, -0.25) is 9.78 Å². The molecule has 0 saturated heterocycles. The predicted octanol–water partition coefficient (Wildman–Crippen LogP) is 2.44. The van der Waals surface area contributed by atoms with Crippen molar-refractivity contribution < 1.29 is 4.79 Å². The molecule has 1 aromatic heterocycles. The van der Waals surface area contributed by atoms with Crippen molar-refractivity contribution in [2.45, 2.75) is 12.3 Å². The molecule has 1 unspecified atom stereocenters. The number of nitrogens with zero attached hydrogens (tertiary/aromatic N) is 2. The van der Waals surface area contributed by atoms with Gasteiger partial charge in [0.1, 0.15) is 0 Å². The number of carbonyl (C=O) groups is 1. The third-order valence-corrected chi connectivity index (χ3v) is 3.62. The number of rotatable bonds is 6. The molecule has 1 amide bonds. The number of pyridine rings is 1. The molecule has 2 aromatic rings. The number of carbonyl (C=O) groups excluding carboxylic acids is 1. The largest absolute Gasteiger partial charge is 0.374 e. The van der Waals surface area contributed by atoms with Gasteiger partial charge in [-0.25, -0.2) is 0 Å². The minimum Gasteiger partial charge on any atom is -0.374 e. The molecule has 0 aliphatic rings. The number of aromatic nitrogens is 1. The summed E-state index contributed by atoms with van der Waals surface area (Å²) in [5.74, 6) is -0.0650. The number of anilines is 1. The standard InChI is InChI=1S/C17H21N3O/c1-18-17(21)16(14-6-4-3-5-7-14)10-13-20(2)15-8-11-19-12-9-15/h3-9,11-12,16H,10,13H2,1-2H3,(H,18,21). The number of benzene rings is 1. The fourth-order valence-corrected chi connectivity index (χ4v) is 2.36. The van der Waals surface area contributed by atoms with Crippen molar-refractivity contribution in [3.63, 3.8) is 0 Å². The Morgan fingerprint density at radius 3 is 2.48 bits per heavy atom. The van der Waals surface area contributed by atoms with E-state index in [1.165, 1.54) is 0 Å². The van der Waals surface area contributed by atoms with E-state index in [9.17, 15) is 4.79 Å². The number of amides is 1. The second kappa shape index (κ2) is 7.43. The fourth-order valence-electron chi connectivity index (χ4n) is 2.36. The highest BCUT2D eigenvalue weighted by Crippen LogP contribution is 2.21. The molecule has 1 aromatic carbocycles. The predicted molar refractivity (Wildman–Crippen MR) is 85.4 cm³/mol. The number of hydrogen-bond donors (Lipinski definition) is 1. The van der Waals surface area contributed by atoms with E-state index in [1.807, 2.05) is 49.5 Å². The van der Waals surface area contributed by atoms with E-state index in [0.29, 0.717) is 0 Å². The molecule has 4 nitrogen and oxygen atoms in total. The third-order valence-electron chi connectivity index (χ3n) is 3.62. The minimum absolute atomic E-state index is 0.0596. The summed E-state index contributed by atoms with van der Waals surface area (Å²) in [5.41, 5.74) is 2.16. The first kappa shape index (κ1) is 15.0. The van der Waals surface area contributed by atoms with E-state index < -0.39 is 0 Å². The number of nitrogens with one attached hydrogen (secondary N) is 1. The summed E-state index contributed by atoms with van der Waals surface area (Å²) in [6.45, 7) is 0.803. The van der Waals surface area contributed by atoms with Gasteiger partial charge in [0.05, 0.1) is 5.92 Å². The second-order valence-electron chi connectivity index (χ2n) is 4.99.